The minimum atomic E-state index is 0.542. The first-order valence-electron chi connectivity index (χ1n) is 6.75. The highest BCUT2D eigenvalue weighted by molar-refractivity contribution is 9.11. The summed E-state index contributed by atoms with van der Waals surface area (Å²) < 4.78 is 1.21. The Morgan fingerprint density at radius 2 is 2.00 bits per heavy atom. The summed E-state index contributed by atoms with van der Waals surface area (Å²) in [4.78, 5) is 5.21. The van der Waals surface area contributed by atoms with Crippen molar-refractivity contribution in [3.05, 3.63) is 42.7 Å². The van der Waals surface area contributed by atoms with Crippen molar-refractivity contribution < 1.29 is 0 Å². The lowest BCUT2D eigenvalue weighted by atomic mass is 10.3. The molecule has 2 aromatic heterocycles. The second-order valence-corrected chi connectivity index (χ2v) is 8.88. The minimum absolute atomic E-state index is 0.542. The average Bonchev–Trinajstić information content (AvgIpc) is 2.96. The van der Waals surface area contributed by atoms with E-state index in [1.165, 1.54) is 19.1 Å². The fourth-order valence-electron chi connectivity index (χ4n) is 1.97. The summed E-state index contributed by atoms with van der Waals surface area (Å²) in [7, 11) is 2.18. The maximum absolute atomic E-state index is 3.52. The number of halogens is 1. The highest BCUT2D eigenvalue weighted by Crippen LogP contribution is 2.23. The maximum Gasteiger partial charge on any atom is 0.0701 e. The van der Waals surface area contributed by atoms with Crippen LogP contribution in [0.5, 0.6) is 0 Å². The third-order valence-corrected chi connectivity index (χ3v) is 5.53. The molecule has 5 heteroatoms. The number of nitrogens with one attached hydrogen (secondary N) is 1. The average molecular weight is 373 g/mol. The van der Waals surface area contributed by atoms with Crippen LogP contribution in [0.2, 0.25) is 0 Å². The standard InChI is InChI=1S/C15H21BrN2S2/c1-11(2)17-7-13-4-5-14(20-13)9-18(3)8-12-6-15(16)19-10-12/h4-6,10-11,17H,7-9H2,1-3H3. The van der Waals surface area contributed by atoms with E-state index < -0.39 is 0 Å². The normalized spacial score (nSPS) is 11.7. The molecule has 0 aliphatic heterocycles. The Kier molecular flexibility index (Phi) is 6.23. The van der Waals surface area contributed by atoms with Gasteiger partial charge >= 0.3 is 0 Å². The van der Waals surface area contributed by atoms with Crippen LogP contribution in [-0.4, -0.2) is 18.0 Å². The molecule has 0 aliphatic rings. The Balaban J connectivity index is 1.83. The SMILES string of the molecule is CC(C)NCc1ccc(CN(C)Cc2csc(Br)c2)s1. The lowest BCUT2D eigenvalue weighted by Crippen LogP contribution is -2.21. The monoisotopic (exact) mass is 372 g/mol. The van der Waals surface area contributed by atoms with Crippen molar-refractivity contribution >= 4 is 38.6 Å². The first kappa shape index (κ1) is 16.2. The molecule has 2 heterocycles. The summed E-state index contributed by atoms with van der Waals surface area (Å²) >= 11 is 7.17. The quantitative estimate of drug-likeness (QED) is 0.757. The molecule has 0 spiro atoms. The van der Waals surface area contributed by atoms with Gasteiger partial charge in [-0.05, 0) is 52.1 Å². The van der Waals surface area contributed by atoms with Crippen LogP contribution in [0.25, 0.3) is 0 Å². The molecule has 2 rings (SSSR count). The predicted octanol–water partition coefficient (Wildman–Crippen LogP) is 4.70. The molecule has 0 aromatic carbocycles. The van der Waals surface area contributed by atoms with Gasteiger partial charge in [0.05, 0.1) is 3.79 Å². The van der Waals surface area contributed by atoms with Crippen molar-refractivity contribution in [1.82, 2.24) is 10.2 Å². The molecule has 0 radical (unpaired) electrons. The second kappa shape index (κ2) is 7.71. The molecule has 0 saturated carbocycles. The summed E-state index contributed by atoms with van der Waals surface area (Å²) in [6, 6.07) is 7.24. The van der Waals surface area contributed by atoms with Crippen LogP contribution in [0.15, 0.2) is 27.4 Å². The van der Waals surface area contributed by atoms with Gasteiger partial charge in [0.1, 0.15) is 0 Å². The van der Waals surface area contributed by atoms with Gasteiger partial charge in [0, 0.05) is 35.4 Å². The Labute approximate surface area is 138 Å². The number of hydrogen-bond acceptors (Lipinski definition) is 4. The zero-order valence-corrected chi connectivity index (χ0v) is 15.4. The van der Waals surface area contributed by atoms with Gasteiger partial charge in [-0.3, -0.25) is 4.90 Å². The van der Waals surface area contributed by atoms with E-state index in [1.807, 2.05) is 11.3 Å². The predicted molar refractivity (Wildman–Crippen MR) is 93.5 cm³/mol. The summed E-state index contributed by atoms with van der Waals surface area (Å²) in [5.41, 5.74) is 1.38. The second-order valence-electron chi connectivity index (χ2n) is 5.33. The first-order chi connectivity index (χ1) is 9.52. The van der Waals surface area contributed by atoms with Crippen LogP contribution < -0.4 is 5.32 Å². The van der Waals surface area contributed by atoms with Crippen molar-refractivity contribution in [3.8, 4) is 0 Å². The highest BCUT2D eigenvalue weighted by atomic mass is 79.9. The molecular formula is C15H21BrN2S2. The summed E-state index contributed by atoms with van der Waals surface area (Å²) in [6.07, 6.45) is 0. The van der Waals surface area contributed by atoms with Gasteiger partial charge in [-0.25, -0.2) is 0 Å². The van der Waals surface area contributed by atoms with E-state index in [1.54, 1.807) is 11.3 Å². The highest BCUT2D eigenvalue weighted by Gasteiger charge is 2.06. The number of nitrogens with zero attached hydrogens (tertiary/aromatic N) is 1. The fraction of sp³-hybridized carbons (Fsp3) is 0.467. The third-order valence-electron chi connectivity index (χ3n) is 2.90. The van der Waals surface area contributed by atoms with E-state index in [4.69, 9.17) is 0 Å². The van der Waals surface area contributed by atoms with Gasteiger partial charge in [0.25, 0.3) is 0 Å². The molecule has 0 aliphatic carbocycles. The van der Waals surface area contributed by atoms with Gasteiger partial charge in [-0.1, -0.05) is 13.8 Å². The van der Waals surface area contributed by atoms with Gasteiger partial charge in [-0.2, -0.15) is 0 Å². The Morgan fingerprint density at radius 1 is 1.25 bits per heavy atom. The van der Waals surface area contributed by atoms with Gasteiger partial charge in [0.2, 0.25) is 0 Å². The van der Waals surface area contributed by atoms with Crippen molar-refractivity contribution in [3.63, 3.8) is 0 Å². The Morgan fingerprint density at radius 3 is 2.65 bits per heavy atom. The zero-order chi connectivity index (χ0) is 14.5. The summed E-state index contributed by atoms with van der Waals surface area (Å²) in [5, 5.41) is 5.68. The number of rotatable bonds is 7. The van der Waals surface area contributed by atoms with Crippen LogP contribution in [-0.2, 0) is 19.6 Å². The summed E-state index contributed by atoms with van der Waals surface area (Å²) in [5.74, 6) is 0. The maximum atomic E-state index is 3.52. The van der Waals surface area contributed by atoms with E-state index in [-0.39, 0.29) is 0 Å². The first-order valence-corrected chi connectivity index (χ1v) is 9.24. The third kappa shape index (κ3) is 5.30. The molecule has 110 valence electrons. The number of thiophene rings is 2. The van der Waals surface area contributed by atoms with E-state index in [2.05, 4.69) is 70.6 Å². The van der Waals surface area contributed by atoms with E-state index in [0.717, 1.165) is 19.6 Å². The smallest absolute Gasteiger partial charge is 0.0701 e. The Bertz CT molecular complexity index is 533. The fourth-order valence-corrected chi connectivity index (χ4v) is 4.22. The largest absolute Gasteiger partial charge is 0.310 e. The number of hydrogen-bond donors (Lipinski definition) is 1. The van der Waals surface area contributed by atoms with Crippen molar-refractivity contribution in [2.24, 2.45) is 0 Å². The molecule has 0 bridgehead atoms. The van der Waals surface area contributed by atoms with Gasteiger partial charge in [-0.15, -0.1) is 22.7 Å². The summed E-state index contributed by atoms with van der Waals surface area (Å²) in [6.45, 7) is 7.35. The molecule has 0 saturated heterocycles. The zero-order valence-electron chi connectivity index (χ0n) is 12.1. The lowest BCUT2D eigenvalue weighted by Gasteiger charge is -2.14. The van der Waals surface area contributed by atoms with E-state index >= 15 is 0 Å². The van der Waals surface area contributed by atoms with E-state index in [0.29, 0.717) is 6.04 Å². The van der Waals surface area contributed by atoms with Crippen LogP contribution in [0.1, 0.15) is 29.2 Å². The van der Waals surface area contributed by atoms with Gasteiger partial charge in [0.15, 0.2) is 0 Å². The Hall–Kier alpha value is -0.200. The van der Waals surface area contributed by atoms with Crippen molar-refractivity contribution in [1.29, 1.82) is 0 Å². The minimum Gasteiger partial charge on any atom is -0.310 e. The molecule has 0 atom stereocenters. The van der Waals surface area contributed by atoms with Crippen LogP contribution in [0.3, 0.4) is 0 Å². The van der Waals surface area contributed by atoms with Gasteiger partial charge < -0.3 is 5.32 Å². The molecule has 20 heavy (non-hydrogen) atoms. The van der Waals surface area contributed by atoms with Crippen LogP contribution >= 0.6 is 38.6 Å². The topological polar surface area (TPSA) is 15.3 Å². The molecule has 2 nitrogen and oxygen atoms in total. The van der Waals surface area contributed by atoms with E-state index in [9.17, 15) is 0 Å². The molecule has 1 N–H and O–H groups in total. The molecule has 0 unspecified atom stereocenters. The molecular weight excluding hydrogens is 352 g/mol. The van der Waals surface area contributed by atoms with Crippen LogP contribution in [0.4, 0.5) is 0 Å². The van der Waals surface area contributed by atoms with Crippen LogP contribution in [0, 0.1) is 0 Å². The molecule has 0 fully saturated rings. The van der Waals surface area contributed by atoms with Crippen molar-refractivity contribution in [2.75, 3.05) is 7.05 Å². The molecule has 2 aromatic rings. The lowest BCUT2D eigenvalue weighted by molar-refractivity contribution is 0.322. The van der Waals surface area contributed by atoms with Crippen molar-refractivity contribution in [2.45, 2.75) is 39.5 Å². The molecule has 0 amide bonds.